The zero-order valence-electron chi connectivity index (χ0n) is 21.2. The molecule has 6 rings (SSSR count). The lowest BCUT2D eigenvalue weighted by molar-refractivity contribution is 0.321. The molecule has 12 heteroatoms. The summed E-state index contributed by atoms with van der Waals surface area (Å²) < 4.78 is 32.6. The quantitative estimate of drug-likeness (QED) is 0.265. The van der Waals surface area contributed by atoms with E-state index in [1.807, 2.05) is 49.6 Å². The molecule has 39 heavy (non-hydrogen) atoms. The molecular formula is C27H26N8O3S. The van der Waals surface area contributed by atoms with Crippen molar-refractivity contribution in [1.29, 1.82) is 0 Å². The molecule has 0 amide bonds. The van der Waals surface area contributed by atoms with E-state index in [2.05, 4.69) is 25.4 Å². The minimum absolute atomic E-state index is 0.140. The summed E-state index contributed by atoms with van der Waals surface area (Å²) in [6.07, 6.45) is 7.95. The lowest BCUT2D eigenvalue weighted by Gasteiger charge is -2.14. The van der Waals surface area contributed by atoms with Crippen molar-refractivity contribution in [1.82, 2.24) is 29.7 Å². The number of hydrogen-bond donors (Lipinski definition) is 2. The maximum Gasteiger partial charge on any atom is 0.257 e. The van der Waals surface area contributed by atoms with E-state index in [9.17, 15) is 8.42 Å². The van der Waals surface area contributed by atoms with Gasteiger partial charge in [0.25, 0.3) is 5.88 Å². The molecule has 0 bridgehead atoms. The van der Waals surface area contributed by atoms with Crippen LogP contribution in [0.3, 0.4) is 0 Å². The molecule has 4 heterocycles. The van der Waals surface area contributed by atoms with E-state index in [4.69, 9.17) is 15.5 Å². The standard InChI is InChI=1S/C27H26N8O3S/c1-35-11-8-23(34-35)25-24(18-4-7-22-17(13-18)3-2-9-31-22)33-27(26(28)32-25)38-12-10-30-19-14-21(16-29-15-19)39(36,37)20-5-6-20/h2-4,7-9,11,13-16,20,30H,5-6,10,12H2,1H3,(H2,28,32). The van der Waals surface area contributed by atoms with Crippen LogP contribution in [0.1, 0.15) is 12.8 Å². The Morgan fingerprint density at radius 3 is 2.77 bits per heavy atom. The van der Waals surface area contributed by atoms with Crippen LogP contribution in [0.15, 0.2) is 72.1 Å². The minimum Gasteiger partial charge on any atom is -0.473 e. The van der Waals surface area contributed by atoms with Crippen LogP contribution < -0.4 is 15.8 Å². The minimum atomic E-state index is -3.32. The third kappa shape index (κ3) is 5.10. The van der Waals surface area contributed by atoms with Crippen LogP contribution in [0.4, 0.5) is 11.5 Å². The Balaban J connectivity index is 1.23. The van der Waals surface area contributed by atoms with Crippen molar-refractivity contribution in [2.75, 3.05) is 24.2 Å². The first-order valence-electron chi connectivity index (χ1n) is 12.5. The van der Waals surface area contributed by atoms with Gasteiger partial charge in [-0.2, -0.15) is 5.10 Å². The second kappa shape index (κ2) is 9.95. The van der Waals surface area contributed by atoms with Crippen molar-refractivity contribution in [2.45, 2.75) is 23.0 Å². The second-order valence-corrected chi connectivity index (χ2v) is 11.6. The van der Waals surface area contributed by atoms with Gasteiger partial charge in [-0.3, -0.25) is 14.6 Å². The lowest BCUT2D eigenvalue weighted by atomic mass is 10.0. The highest BCUT2D eigenvalue weighted by atomic mass is 32.2. The Morgan fingerprint density at radius 2 is 1.97 bits per heavy atom. The highest BCUT2D eigenvalue weighted by Gasteiger charge is 2.37. The van der Waals surface area contributed by atoms with E-state index in [0.29, 0.717) is 42.2 Å². The van der Waals surface area contributed by atoms with E-state index in [1.54, 1.807) is 23.1 Å². The lowest BCUT2D eigenvalue weighted by Crippen LogP contribution is -2.15. The van der Waals surface area contributed by atoms with Gasteiger partial charge in [0.15, 0.2) is 15.7 Å². The number of pyridine rings is 2. The number of rotatable bonds is 9. The van der Waals surface area contributed by atoms with Gasteiger partial charge in [0.1, 0.15) is 23.7 Å². The number of fused-ring (bicyclic) bond motifs is 1. The number of nitrogens with zero attached hydrogens (tertiary/aromatic N) is 6. The third-order valence-electron chi connectivity index (χ3n) is 6.40. The highest BCUT2D eigenvalue weighted by molar-refractivity contribution is 7.92. The molecule has 1 saturated carbocycles. The summed E-state index contributed by atoms with van der Waals surface area (Å²) in [7, 11) is -1.49. The first kappa shape index (κ1) is 24.7. The summed E-state index contributed by atoms with van der Waals surface area (Å²) in [6.45, 7) is 0.581. The van der Waals surface area contributed by atoms with E-state index < -0.39 is 9.84 Å². The van der Waals surface area contributed by atoms with Gasteiger partial charge in [0.2, 0.25) is 0 Å². The van der Waals surface area contributed by atoms with Gasteiger partial charge in [0.05, 0.1) is 27.5 Å². The maximum atomic E-state index is 12.5. The average Bonchev–Trinajstić information content (AvgIpc) is 3.73. The molecule has 0 spiro atoms. The molecule has 198 valence electrons. The molecule has 0 aliphatic heterocycles. The molecular weight excluding hydrogens is 516 g/mol. The first-order chi connectivity index (χ1) is 18.9. The summed E-state index contributed by atoms with van der Waals surface area (Å²) in [5, 5.41) is 8.32. The van der Waals surface area contributed by atoms with Crippen LogP contribution in [0.2, 0.25) is 0 Å². The molecule has 0 unspecified atom stereocenters. The topological polar surface area (TPSA) is 151 Å². The van der Waals surface area contributed by atoms with Crippen molar-refractivity contribution >= 4 is 32.2 Å². The molecule has 5 aromatic rings. The normalized spacial score (nSPS) is 13.5. The van der Waals surface area contributed by atoms with Gasteiger partial charge in [-0.1, -0.05) is 12.1 Å². The Hall–Kier alpha value is -4.58. The highest BCUT2D eigenvalue weighted by Crippen LogP contribution is 2.35. The number of sulfone groups is 1. The van der Waals surface area contributed by atoms with Gasteiger partial charge in [-0.15, -0.1) is 0 Å². The summed E-state index contributed by atoms with van der Waals surface area (Å²) in [4.78, 5) is 18.1. The Kier molecular flexibility index (Phi) is 6.31. The number of hydrogen-bond acceptors (Lipinski definition) is 10. The van der Waals surface area contributed by atoms with Crippen LogP contribution >= 0.6 is 0 Å². The van der Waals surface area contributed by atoms with Crippen molar-refractivity contribution in [3.05, 3.63) is 67.3 Å². The maximum absolute atomic E-state index is 12.5. The number of nitrogens with one attached hydrogen (secondary N) is 1. The van der Waals surface area contributed by atoms with Crippen molar-refractivity contribution < 1.29 is 13.2 Å². The molecule has 0 atom stereocenters. The molecule has 11 nitrogen and oxygen atoms in total. The molecule has 0 radical (unpaired) electrons. The van der Waals surface area contributed by atoms with Crippen LogP contribution in [-0.2, 0) is 16.9 Å². The van der Waals surface area contributed by atoms with Crippen molar-refractivity contribution in [3.63, 3.8) is 0 Å². The summed E-state index contributed by atoms with van der Waals surface area (Å²) in [5.41, 5.74) is 10.3. The van der Waals surface area contributed by atoms with Gasteiger partial charge in [-0.25, -0.2) is 18.4 Å². The summed E-state index contributed by atoms with van der Waals surface area (Å²) >= 11 is 0. The van der Waals surface area contributed by atoms with Gasteiger partial charge in [-0.05, 0) is 43.2 Å². The number of nitrogen functional groups attached to an aromatic ring is 1. The number of aryl methyl sites for hydroxylation is 1. The fourth-order valence-corrected chi connectivity index (χ4v) is 5.91. The van der Waals surface area contributed by atoms with E-state index in [1.165, 1.54) is 6.20 Å². The smallest absolute Gasteiger partial charge is 0.257 e. The van der Waals surface area contributed by atoms with Gasteiger partial charge >= 0.3 is 0 Å². The van der Waals surface area contributed by atoms with Crippen molar-refractivity contribution in [2.24, 2.45) is 7.05 Å². The van der Waals surface area contributed by atoms with Crippen LogP contribution in [0.25, 0.3) is 33.5 Å². The number of ether oxygens (including phenoxy) is 1. The second-order valence-electron chi connectivity index (χ2n) is 9.33. The Bertz CT molecular complexity index is 1780. The number of nitrogens with two attached hydrogens (primary N) is 1. The number of aromatic nitrogens is 6. The largest absolute Gasteiger partial charge is 0.473 e. The monoisotopic (exact) mass is 542 g/mol. The van der Waals surface area contributed by atoms with Crippen LogP contribution in [0, 0.1) is 0 Å². The Morgan fingerprint density at radius 1 is 1.10 bits per heavy atom. The number of anilines is 2. The number of benzene rings is 1. The van der Waals surface area contributed by atoms with E-state index >= 15 is 0 Å². The molecule has 3 N–H and O–H groups in total. The van der Waals surface area contributed by atoms with E-state index in [0.717, 1.165) is 16.5 Å². The summed E-state index contributed by atoms with van der Waals surface area (Å²) in [6, 6.07) is 13.2. The molecule has 1 aliphatic rings. The van der Waals surface area contributed by atoms with Crippen LogP contribution in [-0.4, -0.2) is 56.5 Å². The SMILES string of the molecule is Cn1ccc(-c2nc(N)c(OCCNc3cncc(S(=O)(=O)C4CC4)c3)nc2-c2ccc3ncccc3c2)n1. The molecule has 1 aliphatic carbocycles. The third-order valence-corrected chi connectivity index (χ3v) is 8.63. The molecule has 1 aromatic carbocycles. The summed E-state index contributed by atoms with van der Waals surface area (Å²) in [5.74, 6) is 0.335. The zero-order valence-corrected chi connectivity index (χ0v) is 22.0. The molecule has 1 fully saturated rings. The van der Waals surface area contributed by atoms with Crippen LogP contribution in [0.5, 0.6) is 5.88 Å². The average molecular weight is 543 g/mol. The predicted octanol–water partition coefficient (Wildman–Crippen LogP) is 3.50. The van der Waals surface area contributed by atoms with Crippen molar-refractivity contribution in [3.8, 4) is 28.5 Å². The molecule has 0 saturated heterocycles. The fourth-order valence-electron chi connectivity index (χ4n) is 4.27. The zero-order chi connectivity index (χ0) is 27.0. The first-order valence-corrected chi connectivity index (χ1v) is 14.0. The van der Waals surface area contributed by atoms with Gasteiger partial charge in [0, 0.05) is 43.1 Å². The molecule has 4 aromatic heterocycles. The Labute approximate surface area is 225 Å². The van der Waals surface area contributed by atoms with Gasteiger partial charge < -0.3 is 15.8 Å². The fraction of sp³-hybridized carbons (Fsp3) is 0.222. The van der Waals surface area contributed by atoms with E-state index in [-0.39, 0.29) is 28.5 Å². The predicted molar refractivity (Wildman–Crippen MR) is 148 cm³/mol.